The summed E-state index contributed by atoms with van der Waals surface area (Å²) < 4.78 is 5.02. The smallest absolute Gasteiger partial charge is 0.408 e. The van der Waals surface area contributed by atoms with Crippen molar-refractivity contribution in [2.75, 3.05) is 0 Å². The minimum atomic E-state index is -1.17. The zero-order valence-electron chi connectivity index (χ0n) is 17.1. The summed E-state index contributed by atoms with van der Waals surface area (Å²) in [6, 6.07) is 10.5. The summed E-state index contributed by atoms with van der Waals surface area (Å²) in [5.41, 5.74) is 5.63. The van der Waals surface area contributed by atoms with Crippen LogP contribution in [-0.4, -0.2) is 33.8 Å². The highest BCUT2D eigenvalue weighted by Crippen LogP contribution is 2.18. The predicted octanol–water partition coefficient (Wildman–Crippen LogP) is 4.41. The van der Waals surface area contributed by atoms with E-state index in [9.17, 15) is 14.4 Å². The van der Waals surface area contributed by atoms with Gasteiger partial charge in [0.25, 0.3) is 0 Å². The van der Waals surface area contributed by atoms with Gasteiger partial charge >= 0.3 is 18.0 Å². The first-order chi connectivity index (χ1) is 14.3. The lowest BCUT2D eigenvalue weighted by atomic mass is 10.1. The Morgan fingerprint density at radius 1 is 0.871 bits per heavy atom. The van der Waals surface area contributed by atoms with Gasteiger partial charge in [-0.2, -0.15) is 0 Å². The van der Waals surface area contributed by atoms with Gasteiger partial charge < -0.3 is 26.0 Å². The van der Waals surface area contributed by atoms with Crippen LogP contribution >= 0.6 is 23.2 Å². The standard InChI is InChI=1S/C13H16ClNO4.C8H8ClNO2/c1-13(2,3)19-12(18)15-10(11(16)17)8-4-6-9(14)7-5-8;9-6-3-1-5(2-4-6)7(10)8(11)12/h4-7,10H,1-3H3,(H,15,18)(H,16,17);1-4,7H,10H2,(H,11,12)/t10-;7-/m11/s1. The average molecular weight is 471 g/mol. The fourth-order valence-electron chi connectivity index (χ4n) is 2.18. The molecular formula is C21H24Cl2N2O6. The van der Waals surface area contributed by atoms with Crippen LogP contribution in [0.5, 0.6) is 0 Å². The Hall–Kier alpha value is -2.81. The SMILES string of the molecule is CC(C)(C)OC(=O)N[C@@H](C(=O)O)c1ccc(Cl)cc1.N[C@@H](C(=O)O)c1ccc(Cl)cc1. The van der Waals surface area contributed by atoms with Gasteiger partial charge in [-0.3, -0.25) is 4.79 Å². The second-order valence-corrected chi connectivity index (χ2v) is 8.21. The number of hydrogen-bond acceptors (Lipinski definition) is 5. The van der Waals surface area contributed by atoms with E-state index < -0.39 is 35.7 Å². The first-order valence-corrected chi connectivity index (χ1v) is 9.77. The van der Waals surface area contributed by atoms with Crippen LogP contribution in [-0.2, 0) is 14.3 Å². The van der Waals surface area contributed by atoms with Gasteiger partial charge in [0.05, 0.1) is 0 Å². The molecule has 168 valence electrons. The summed E-state index contributed by atoms with van der Waals surface area (Å²) >= 11 is 11.3. The first-order valence-electron chi connectivity index (χ1n) is 9.02. The Balaban J connectivity index is 0.000000343. The maximum absolute atomic E-state index is 11.6. The third-order valence-electron chi connectivity index (χ3n) is 3.61. The monoisotopic (exact) mass is 470 g/mol. The molecule has 0 saturated carbocycles. The average Bonchev–Trinajstić information content (AvgIpc) is 2.66. The van der Waals surface area contributed by atoms with Gasteiger partial charge in [-0.05, 0) is 56.2 Å². The van der Waals surface area contributed by atoms with E-state index in [2.05, 4.69) is 5.32 Å². The highest BCUT2D eigenvalue weighted by Gasteiger charge is 2.25. The van der Waals surface area contributed by atoms with Crippen LogP contribution in [0, 0.1) is 0 Å². The number of aliphatic carboxylic acids is 2. The van der Waals surface area contributed by atoms with E-state index in [4.69, 9.17) is 43.9 Å². The fraction of sp³-hybridized carbons (Fsp3) is 0.286. The molecule has 1 amide bonds. The lowest BCUT2D eigenvalue weighted by molar-refractivity contribution is -0.140. The summed E-state index contributed by atoms with van der Waals surface area (Å²) in [6.45, 7) is 5.10. The number of carboxylic acids is 2. The molecule has 0 saturated heterocycles. The number of carboxylic acid groups (broad SMARTS) is 2. The lowest BCUT2D eigenvalue weighted by Gasteiger charge is -2.22. The number of nitrogens with one attached hydrogen (secondary N) is 1. The molecular weight excluding hydrogens is 447 g/mol. The molecule has 0 bridgehead atoms. The molecule has 31 heavy (non-hydrogen) atoms. The number of benzene rings is 2. The van der Waals surface area contributed by atoms with Gasteiger partial charge in [-0.1, -0.05) is 47.5 Å². The second-order valence-electron chi connectivity index (χ2n) is 7.34. The lowest BCUT2D eigenvalue weighted by Crippen LogP contribution is -2.38. The summed E-state index contributed by atoms with van der Waals surface area (Å²) in [4.78, 5) is 33.2. The molecule has 10 heteroatoms. The molecule has 2 aromatic rings. The summed E-state index contributed by atoms with van der Waals surface area (Å²) in [7, 11) is 0. The minimum absolute atomic E-state index is 0.419. The van der Waals surface area contributed by atoms with Crippen LogP contribution < -0.4 is 11.1 Å². The molecule has 0 aliphatic heterocycles. The molecule has 0 spiro atoms. The molecule has 2 rings (SSSR count). The van der Waals surface area contributed by atoms with Crippen LogP contribution in [0.2, 0.25) is 10.0 Å². The molecule has 0 heterocycles. The van der Waals surface area contributed by atoms with E-state index in [0.717, 1.165) is 0 Å². The normalized spacial score (nSPS) is 12.6. The predicted molar refractivity (Wildman–Crippen MR) is 117 cm³/mol. The molecule has 0 radical (unpaired) electrons. The fourth-order valence-corrected chi connectivity index (χ4v) is 2.43. The molecule has 0 unspecified atom stereocenters. The molecule has 5 N–H and O–H groups in total. The Bertz CT molecular complexity index is 896. The highest BCUT2D eigenvalue weighted by atomic mass is 35.5. The molecule has 0 fully saturated rings. The van der Waals surface area contributed by atoms with Crippen LogP contribution in [0.15, 0.2) is 48.5 Å². The van der Waals surface area contributed by atoms with Crippen molar-refractivity contribution in [1.29, 1.82) is 0 Å². The number of nitrogens with two attached hydrogens (primary N) is 1. The van der Waals surface area contributed by atoms with Crippen molar-refractivity contribution in [3.05, 3.63) is 69.7 Å². The van der Waals surface area contributed by atoms with Gasteiger partial charge in [0.1, 0.15) is 11.6 Å². The number of rotatable bonds is 5. The number of amides is 1. The largest absolute Gasteiger partial charge is 0.480 e. The van der Waals surface area contributed by atoms with Crippen LogP contribution in [0.4, 0.5) is 4.79 Å². The van der Waals surface area contributed by atoms with Crippen molar-refractivity contribution in [3.63, 3.8) is 0 Å². The molecule has 2 atom stereocenters. The highest BCUT2D eigenvalue weighted by molar-refractivity contribution is 6.30. The van der Waals surface area contributed by atoms with E-state index >= 15 is 0 Å². The summed E-state index contributed by atoms with van der Waals surface area (Å²) in [6.07, 6.45) is -0.783. The van der Waals surface area contributed by atoms with Crippen molar-refractivity contribution in [3.8, 4) is 0 Å². The zero-order valence-corrected chi connectivity index (χ0v) is 18.6. The van der Waals surface area contributed by atoms with E-state index in [0.29, 0.717) is 21.2 Å². The van der Waals surface area contributed by atoms with Crippen molar-refractivity contribution in [2.24, 2.45) is 5.73 Å². The van der Waals surface area contributed by atoms with Gasteiger partial charge in [0.2, 0.25) is 0 Å². The third-order valence-corrected chi connectivity index (χ3v) is 4.11. The van der Waals surface area contributed by atoms with E-state index in [1.165, 1.54) is 0 Å². The van der Waals surface area contributed by atoms with Crippen molar-refractivity contribution in [2.45, 2.75) is 38.5 Å². The second kappa shape index (κ2) is 11.5. The summed E-state index contributed by atoms with van der Waals surface area (Å²) in [5.74, 6) is -2.22. The van der Waals surface area contributed by atoms with Crippen LogP contribution in [0.1, 0.15) is 44.0 Å². The molecule has 0 aliphatic carbocycles. The van der Waals surface area contributed by atoms with Crippen molar-refractivity contribution in [1.82, 2.24) is 5.32 Å². The minimum Gasteiger partial charge on any atom is -0.480 e. The van der Waals surface area contributed by atoms with E-state index in [-0.39, 0.29) is 0 Å². The Labute approximate surface area is 189 Å². The van der Waals surface area contributed by atoms with E-state index in [1.807, 2.05) is 0 Å². The number of halogens is 2. The first kappa shape index (κ1) is 26.2. The molecule has 0 aliphatic rings. The van der Waals surface area contributed by atoms with Gasteiger partial charge in [-0.25, -0.2) is 9.59 Å². The van der Waals surface area contributed by atoms with E-state index in [1.54, 1.807) is 69.3 Å². The molecule has 8 nitrogen and oxygen atoms in total. The van der Waals surface area contributed by atoms with Gasteiger partial charge in [-0.15, -0.1) is 0 Å². The zero-order chi connectivity index (χ0) is 23.8. The Kier molecular flexibility index (Phi) is 9.77. The molecule has 2 aromatic carbocycles. The van der Waals surface area contributed by atoms with Crippen molar-refractivity contribution < 1.29 is 29.3 Å². The van der Waals surface area contributed by atoms with Gasteiger partial charge in [0.15, 0.2) is 6.04 Å². The number of alkyl carbamates (subject to hydrolysis) is 1. The Morgan fingerprint density at radius 3 is 1.65 bits per heavy atom. The third kappa shape index (κ3) is 9.69. The number of carbonyl (C=O) groups is 3. The summed E-state index contributed by atoms with van der Waals surface area (Å²) in [5, 5.41) is 21.0. The van der Waals surface area contributed by atoms with Gasteiger partial charge in [0, 0.05) is 10.0 Å². The van der Waals surface area contributed by atoms with Crippen molar-refractivity contribution >= 4 is 41.2 Å². The van der Waals surface area contributed by atoms with Crippen LogP contribution in [0.3, 0.4) is 0 Å². The molecule has 0 aromatic heterocycles. The Morgan fingerprint density at radius 2 is 1.29 bits per heavy atom. The quantitative estimate of drug-likeness (QED) is 0.506. The maximum Gasteiger partial charge on any atom is 0.408 e. The number of ether oxygens (including phenoxy) is 1. The number of hydrogen-bond donors (Lipinski definition) is 4. The topological polar surface area (TPSA) is 139 Å². The number of carbonyl (C=O) groups excluding carboxylic acids is 1. The van der Waals surface area contributed by atoms with Crippen LogP contribution in [0.25, 0.3) is 0 Å². The maximum atomic E-state index is 11.6.